The van der Waals surface area contributed by atoms with Gasteiger partial charge in [-0.1, -0.05) is 56.6 Å². The fourth-order valence-corrected chi connectivity index (χ4v) is 3.95. The van der Waals surface area contributed by atoms with Crippen LogP contribution in [-0.4, -0.2) is 4.98 Å². The van der Waals surface area contributed by atoms with E-state index in [1.54, 1.807) is 0 Å². The Hall–Kier alpha value is -2.21. The van der Waals surface area contributed by atoms with E-state index in [2.05, 4.69) is 35.9 Å². The molecule has 0 saturated heterocycles. The number of halogens is 2. The maximum absolute atomic E-state index is 13.5. The summed E-state index contributed by atoms with van der Waals surface area (Å²) in [6, 6.07) is 10.7. The zero-order chi connectivity index (χ0) is 19.1. The molecule has 1 aromatic carbocycles. The van der Waals surface area contributed by atoms with Crippen LogP contribution in [0.1, 0.15) is 80.9 Å². The van der Waals surface area contributed by atoms with Gasteiger partial charge >= 0.3 is 0 Å². The minimum Gasteiger partial charge on any atom is -0.189 e. The zero-order valence-electron chi connectivity index (χ0n) is 16.0. The van der Waals surface area contributed by atoms with E-state index in [0.29, 0.717) is 5.92 Å². The number of hydrogen-bond donors (Lipinski definition) is 0. The van der Waals surface area contributed by atoms with Crippen LogP contribution in [0.5, 0.6) is 0 Å². The zero-order valence-corrected chi connectivity index (χ0v) is 16.0. The fourth-order valence-electron chi connectivity index (χ4n) is 3.95. The molecule has 0 atom stereocenters. The first-order valence-corrected chi connectivity index (χ1v) is 10.1. The van der Waals surface area contributed by atoms with Gasteiger partial charge in [0.25, 0.3) is 0 Å². The number of nitrogens with zero attached hydrogens (tertiary/aromatic N) is 1. The molecule has 0 spiro atoms. The fraction of sp³-hybridized carbons (Fsp3) is 0.458. The molecule has 0 amide bonds. The third kappa shape index (κ3) is 5.63. The predicted octanol–water partition coefficient (Wildman–Crippen LogP) is 6.61. The van der Waals surface area contributed by atoms with Crippen LogP contribution in [0.3, 0.4) is 0 Å². The Morgan fingerprint density at radius 2 is 1.67 bits per heavy atom. The van der Waals surface area contributed by atoms with Crippen LogP contribution < -0.4 is 0 Å². The minimum atomic E-state index is -0.866. The molecule has 2 aromatic rings. The Balaban J connectivity index is 1.56. The molecule has 1 aliphatic carbocycles. The van der Waals surface area contributed by atoms with Gasteiger partial charge in [0.05, 0.1) is 5.56 Å². The molecule has 27 heavy (non-hydrogen) atoms. The van der Waals surface area contributed by atoms with Crippen LogP contribution >= 0.6 is 0 Å². The lowest BCUT2D eigenvalue weighted by molar-refractivity contribution is 0.303. The van der Waals surface area contributed by atoms with Gasteiger partial charge in [-0.15, -0.1) is 0 Å². The summed E-state index contributed by atoms with van der Waals surface area (Å²) in [4.78, 5) is 3.15. The maximum Gasteiger partial charge on any atom is 0.231 e. The van der Waals surface area contributed by atoms with Gasteiger partial charge < -0.3 is 0 Å². The summed E-state index contributed by atoms with van der Waals surface area (Å²) in [5.74, 6) is 5.53. The van der Waals surface area contributed by atoms with Crippen LogP contribution in [0.4, 0.5) is 8.78 Å². The molecule has 1 aliphatic rings. The number of pyridine rings is 1. The molecule has 0 radical (unpaired) electrons. The highest BCUT2D eigenvalue weighted by atomic mass is 19.1. The third-order valence-corrected chi connectivity index (χ3v) is 5.60. The van der Waals surface area contributed by atoms with Crippen LogP contribution in [-0.2, 0) is 0 Å². The highest BCUT2D eigenvalue weighted by Gasteiger charge is 2.21. The average Bonchev–Trinajstić information content (AvgIpc) is 2.69. The predicted molar refractivity (Wildman–Crippen MR) is 105 cm³/mol. The smallest absolute Gasteiger partial charge is 0.189 e. The molecule has 0 bridgehead atoms. The van der Waals surface area contributed by atoms with Gasteiger partial charge in [-0.3, -0.25) is 0 Å². The second-order valence-electron chi connectivity index (χ2n) is 7.56. The van der Waals surface area contributed by atoms with Crippen molar-refractivity contribution >= 4 is 0 Å². The van der Waals surface area contributed by atoms with Crippen molar-refractivity contribution in [2.24, 2.45) is 5.92 Å². The highest BCUT2D eigenvalue weighted by Crippen LogP contribution is 2.37. The number of benzene rings is 1. The van der Waals surface area contributed by atoms with Crippen molar-refractivity contribution in [1.82, 2.24) is 4.98 Å². The van der Waals surface area contributed by atoms with Gasteiger partial charge in [-0.05, 0) is 67.3 Å². The summed E-state index contributed by atoms with van der Waals surface area (Å²) in [5, 5.41) is 0. The molecular formula is C24H27F2N. The molecule has 142 valence electrons. The summed E-state index contributed by atoms with van der Waals surface area (Å²) in [6.45, 7) is 2.26. The van der Waals surface area contributed by atoms with Crippen molar-refractivity contribution in [2.45, 2.75) is 64.2 Å². The molecule has 0 unspecified atom stereocenters. The lowest BCUT2D eigenvalue weighted by Gasteiger charge is -2.29. The quantitative estimate of drug-likeness (QED) is 0.329. The summed E-state index contributed by atoms with van der Waals surface area (Å²) >= 11 is 0. The molecule has 1 nitrogen and oxygen atoms in total. The van der Waals surface area contributed by atoms with Gasteiger partial charge in [0.2, 0.25) is 11.9 Å². The maximum atomic E-state index is 13.5. The largest absolute Gasteiger partial charge is 0.231 e. The first-order chi connectivity index (χ1) is 13.2. The topological polar surface area (TPSA) is 12.9 Å². The van der Waals surface area contributed by atoms with E-state index in [1.165, 1.54) is 63.0 Å². The Morgan fingerprint density at radius 1 is 0.926 bits per heavy atom. The standard InChI is InChI=1S/C24H27F2N/c1-2-3-4-5-18-6-11-20(12-7-18)21-13-8-19(9-14-21)10-15-22-16-17-23(25)27-24(22)26/h8-9,13-14,16-18,20H,2-7,11-12H2,1H3/t18-,20-. The summed E-state index contributed by atoms with van der Waals surface area (Å²) in [6.07, 6.45) is 10.7. The molecule has 1 saturated carbocycles. The Bertz CT molecular complexity index is 793. The molecule has 1 aromatic heterocycles. The van der Waals surface area contributed by atoms with Gasteiger partial charge in [-0.2, -0.15) is 13.8 Å². The Labute approximate surface area is 161 Å². The van der Waals surface area contributed by atoms with E-state index in [0.717, 1.165) is 17.5 Å². The lowest BCUT2D eigenvalue weighted by atomic mass is 9.77. The molecule has 0 N–H and O–H groups in total. The van der Waals surface area contributed by atoms with Crippen molar-refractivity contribution in [3.8, 4) is 11.8 Å². The van der Waals surface area contributed by atoms with Crippen molar-refractivity contribution in [3.05, 3.63) is 65.0 Å². The van der Waals surface area contributed by atoms with Crippen LogP contribution in [0, 0.1) is 29.7 Å². The van der Waals surface area contributed by atoms with Gasteiger partial charge in [0.1, 0.15) is 0 Å². The lowest BCUT2D eigenvalue weighted by Crippen LogP contribution is -2.13. The van der Waals surface area contributed by atoms with Gasteiger partial charge in [0, 0.05) is 5.56 Å². The summed E-state index contributed by atoms with van der Waals surface area (Å²) in [5.41, 5.74) is 2.32. The van der Waals surface area contributed by atoms with E-state index in [1.807, 2.05) is 12.1 Å². The molecular weight excluding hydrogens is 340 g/mol. The first kappa shape index (κ1) is 19.5. The van der Waals surface area contributed by atoms with E-state index in [-0.39, 0.29) is 5.56 Å². The number of unbranched alkanes of at least 4 members (excludes halogenated alkanes) is 2. The second-order valence-corrected chi connectivity index (χ2v) is 7.56. The number of rotatable bonds is 5. The van der Waals surface area contributed by atoms with Crippen molar-refractivity contribution in [3.63, 3.8) is 0 Å². The van der Waals surface area contributed by atoms with Crippen LogP contribution in [0.2, 0.25) is 0 Å². The molecule has 1 heterocycles. The van der Waals surface area contributed by atoms with E-state index in [4.69, 9.17) is 0 Å². The number of aromatic nitrogens is 1. The normalized spacial score (nSPS) is 19.4. The molecule has 3 rings (SSSR count). The van der Waals surface area contributed by atoms with E-state index < -0.39 is 11.9 Å². The number of hydrogen-bond acceptors (Lipinski definition) is 1. The van der Waals surface area contributed by atoms with Gasteiger partial charge in [0.15, 0.2) is 0 Å². The van der Waals surface area contributed by atoms with Crippen molar-refractivity contribution < 1.29 is 8.78 Å². The summed E-state index contributed by atoms with van der Waals surface area (Å²) in [7, 11) is 0. The average molecular weight is 367 g/mol. The van der Waals surface area contributed by atoms with Gasteiger partial charge in [-0.25, -0.2) is 0 Å². The monoisotopic (exact) mass is 367 g/mol. The highest BCUT2D eigenvalue weighted by molar-refractivity contribution is 5.43. The molecule has 3 heteroatoms. The van der Waals surface area contributed by atoms with Crippen molar-refractivity contribution in [2.75, 3.05) is 0 Å². The van der Waals surface area contributed by atoms with Crippen LogP contribution in [0.15, 0.2) is 36.4 Å². The van der Waals surface area contributed by atoms with E-state index in [9.17, 15) is 8.78 Å². The summed E-state index contributed by atoms with van der Waals surface area (Å²) < 4.78 is 26.4. The van der Waals surface area contributed by atoms with Crippen molar-refractivity contribution in [1.29, 1.82) is 0 Å². The minimum absolute atomic E-state index is 0.113. The second kappa shape index (κ2) is 9.65. The first-order valence-electron chi connectivity index (χ1n) is 10.1. The third-order valence-electron chi connectivity index (χ3n) is 5.60. The van der Waals surface area contributed by atoms with E-state index >= 15 is 0 Å². The Morgan fingerprint density at radius 3 is 2.33 bits per heavy atom. The SMILES string of the molecule is CCCCC[C@H]1CC[C@H](c2ccc(C#Cc3ccc(F)nc3F)cc2)CC1. The molecule has 1 fully saturated rings. The van der Waals surface area contributed by atoms with Crippen LogP contribution in [0.25, 0.3) is 0 Å². The molecule has 0 aliphatic heterocycles. The Kier molecular flexibility index (Phi) is 6.98.